The molecule has 104 valence electrons. The van der Waals surface area contributed by atoms with Gasteiger partial charge >= 0.3 is 0 Å². The normalized spacial score (nSPS) is 15.0. The fourth-order valence-corrected chi connectivity index (χ4v) is 1.75. The van der Waals surface area contributed by atoms with Gasteiger partial charge in [0.05, 0.1) is 19.8 Å². The average molecular weight is 267 g/mol. The molecule has 5 nitrogen and oxygen atoms in total. The molecule has 2 atom stereocenters. The van der Waals surface area contributed by atoms with Gasteiger partial charge in [-0.15, -0.1) is 0 Å². The molecule has 1 aromatic heterocycles. The lowest BCUT2D eigenvalue weighted by Gasteiger charge is -2.31. The highest BCUT2D eigenvalue weighted by Crippen LogP contribution is 2.26. The van der Waals surface area contributed by atoms with E-state index >= 15 is 0 Å². The smallest absolute Gasteiger partial charge is 0.137 e. The van der Waals surface area contributed by atoms with E-state index in [0.29, 0.717) is 12.7 Å². The van der Waals surface area contributed by atoms with Crippen molar-refractivity contribution in [2.45, 2.75) is 25.2 Å². The maximum atomic E-state index is 10.6. The van der Waals surface area contributed by atoms with Crippen LogP contribution in [0.2, 0.25) is 0 Å². The summed E-state index contributed by atoms with van der Waals surface area (Å²) < 4.78 is 11.0. The largest absolute Gasteiger partial charge is 0.390 e. The zero-order chi connectivity index (χ0) is 14.3. The Morgan fingerprint density at radius 2 is 1.95 bits per heavy atom. The van der Waals surface area contributed by atoms with Gasteiger partial charge in [0.2, 0.25) is 0 Å². The summed E-state index contributed by atoms with van der Waals surface area (Å²) in [5.41, 5.74) is -0.708. The van der Waals surface area contributed by atoms with Crippen LogP contribution in [-0.2, 0) is 12.1 Å². The van der Waals surface area contributed by atoms with E-state index in [-0.39, 0.29) is 6.54 Å². The second-order valence-corrected chi connectivity index (χ2v) is 4.06. The Balaban J connectivity index is 0.000000861. The highest BCUT2D eigenvalue weighted by Gasteiger charge is 2.35. The zero-order valence-electron chi connectivity index (χ0n) is 10.9. The molecule has 1 unspecified atom stereocenters. The van der Waals surface area contributed by atoms with Crippen LogP contribution in [0, 0.1) is 0 Å². The van der Waals surface area contributed by atoms with E-state index in [1.54, 1.807) is 19.1 Å². The number of aliphatic hydroxyl groups excluding tert-OH is 1. The van der Waals surface area contributed by atoms with Crippen LogP contribution in [0.4, 0.5) is 4.39 Å². The summed E-state index contributed by atoms with van der Waals surface area (Å²) in [5.74, 6) is 0. The maximum Gasteiger partial charge on any atom is 0.137 e. The van der Waals surface area contributed by atoms with Crippen molar-refractivity contribution in [3.63, 3.8) is 0 Å². The maximum absolute atomic E-state index is 10.6. The number of benzene rings is 1. The van der Waals surface area contributed by atoms with Gasteiger partial charge in [-0.3, -0.25) is 4.39 Å². The van der Waals surface area contributed by atoms with Crippen LogP contribution in [0.5, 0.6) is 0 Å². The van der Waals surface area contributed by atoms with Crippen molar-refractivity contribution < 1.29 is 14.6 Å². The monoisotopic (exact) mass is 267 g/mol. The molecule has 19 heavy (non-hydrogen) atoms. The molecule has 6 heteroatoms. The van der Waals surface area contributed by atoms with Crippen molar-refractivity contribution in [3.05, 3.63) is 48.5 Å². The van der Waals surface area contributed by atoms with Gasteiger partial charge < -0.3 is 10.2 Å². The van der Waals surface area contributed by atoms with Crippen molar-refractivity contribution in [2.75, 3.05) is 7.18 Å². The molecule has 0 saturated carbocycles. The molecule has 0 saturated heterocycles. The molecule has 0 aliphatic rings. The second-order valence-electron chi connectivity index (χ2n) is 4.06. The average Bonchev–Trinajstić information content (AvgIpc) is 2.94. The van der Waals surface area contributed by atoms with Gasteiger partial charge in [0, 0.05) is 0 Å². The molecule has 0 amide bonds. The van der Waals surface area contributed by atoms with Crippen molar-refractivity contribution in [1.29, 1.82) is 0 Å². The molecule has 2 aromatic rings. The van der Waals surface area contributed by atoms with Crippen molar-refractivity contribution in [3.8, 4) is 0 Å². The van der Waals surface area contributed by atoms with Gasteiger partial charge in [-0.05, 0) is 12.5 Å². The van der Waals surface area contributed by atoms with E-state index in [4.69, 9.17) is 0 Å². The summed E-state index contributed by atoms with van der Waals surface area (Å²) in [7, 11) is 0.500. The van der Waals surface area contributed by atoms with Crippen molar-refractivity contribution in [1.82, 2.24) is 14.8 Å². The molecule has 0 aliphatic heterocycles. The predicted molar refractivity (Wildman–Crippen MR) is 69.1 cm³/mol. The summed E-state index contributed by atoms with van der Waals surface area (Å²) in [6.07, 6.45) is 2.00. The summed E-state index contributed by atoms with van der Waals surface area (Å²) >= 11 is 0. The number of aromatic nitrogens is 3. The highest BCUT2D eigenvalue weighted by atomic mass is 19.1. The fraction of sp³-hybridized carbons (Fsp3) is 0.385. The van der Waals surface area contributed by atoms with Gasteiger partial charge in [0.25, 0.3) is 0 Å². The first kappa shape index (κ1) is 15.3. The Labute approximate surface area is 111 Å². The number of aliphatic hydroxyl groups is 2. The third-order valence-electron chi connectivity index (χ3n) is 2.83. The van der Waals surface area contributed by atoms with E-state index in [1.165, 1.54) is 17.3 Å². The summed E-state index contributed by atoms with van der Waals surface area (Å²) in [6, 6.07) is 9.07. The lowest BCUT2D eigenvalue weighted by Crippen LogP contribution is -2.41. The van der Waals surface area contributed by atoms with Crippen LogP contribution in [0.1, 0.15) is 12.5 Å². The first-order valence-electron chi connectivity index (χ1n) is 5.79. The van der Waals surface area contributed by atoms with Crippen molar-refractivity contribution >= 4 is 0 Å². The Morgan fingerprint density at radius 3 is 2.42 bits per heavy atom. The molecular weight excluding hydrogens is 249 g/mol. The molecule has 0 fully saturated rings. The number of rotatable bonds is 4. The molecule has 1 aromatic carbocycles. The zero-order valence-corrected chi connectivity index (χ0v) is 10.9. The predicted octanol–water partition coefficient (Wildman–Crippen LogP) is 1.13. The Morgan fingerprint density at radius 1 is 1.32 bits per heavy atom. The summed E-state index contributed by atoms with van der Waals surface area (Å²) in [5, 5.41) is 24.3. The summed E-state index contributed by atoms with van der Waals surface area (Å²) in [4.78, 5) is 3.82. The van der Waals surface area contributed by atoms with Gasteiger partial charge in [0.15, 0.2) is 0 Å². The first-order chi connectivity index (χ1) is 9.13. The third kappa shape index (κ3) is 3.59. The molecular formula is C13H18FN3O2. The van der Waals surface area contributed by atoms with Gasteiger partial charge in [0.1, 0.15) is 18.3 Å². The van der Waals surface area contributed by atoms with E-state index in [1.807, 2.05) is 18.2 Å². The Bertz CT molecular complexity index is 462. The highest BCUT2D eigenvalue weighted by molar-refractivity contribution is 5.23. The molecule has 0 radical (unpaired) electrons. The number of hydrogen-bond donors (Lipinski definition) is 2. The SMILES string of the molecule is CC(O)[C@](O)(Cn1cncn1)c1ccccc1.CF. The number of halogens is 1. The molecule has 0 bridgehead atoms. The Kier molecular flexibility index (Phi) is 5.59. The van der Waals surface area contributed by atoms with Crippen LogP contribution in [0.25, 0.3) is 0 Å². The quantitative estimate of drug-likeness (QED) is 0.871. The lowest BCUT2D eigenvalue weighted by molar-refractivity contribution is -0.0852. The van der Waals surface area contributed by atoms with Crippen LogP contribution in [0.3, 0.4) is 0 Å². The standard InChI is InChI=1S/C12H15N3O2.CH3F/c1-10(16)12(17,7-15-9-13-8-14-15)11-5-3-2-4-6-11;1-2/h2-6,8-10,16-17H,7H2,1H3;1H3/t10?,12-;/m1./s1. The van der Waals surface area contributed by atoms with Gasteiger partial charge in [-0.25, -0.2) is 9.67 Å². The molecule has 2 rings (SSSR count). The molecule has 0 spiro atoms. The number of alkyl halides is 1. The minimum atomic E-state index is -1.37. The minimum Gasteiger partial charge on any atom is -0.390 e. The molecule has 1 heterocycles. The van der Waals surface area contributed by atoms with Crippen molar-refractivity contribution in [2.24, 2.45) is 0 Å². The van der Waals surface area contributed by atoms with Crippen LogP contribution < -0.4 is 0 Å². The van der Waals surface area contributed by atoms with E-state index in [2.05, 4.69) is 10.1 Å². The second kappa shape index (κ2) is 6.96. The fourth-order valence-electron chi connectivity index (χ4n) is 1.75. The number of nitrogens with zero attached hydrogens (tertiary/aromatic N) is 3. The van der Waals surface area contributed by atoms with Gasteiger partial charge in [-0.1, -0.05) is 30.3 Å². The minimum absolute atomic E-state index is 0.161. The van der Waals surface area contributed by atoms with E-state index in [0.717, 1.165) is 0 Å². The Hall–Kier alpha value is -1.79. The topological polar surface area (TPSA) is 71.2 Å². The molecule has 2 N–H and O–H groups in total. The third-order valence-corrected chi connectivity index (χ3v) is 2.83. The van der Waals surface area contributed by atoms with Crippen LogP contribution >= 0.6 is 0 Å². The van der Waals surface area contributed by atoms with Gasteiger partial charge in [-0.2, -0.15) is 5.10 Å². The lowest BCUT2D eigenvalue weighted by atomic mass is 9.89. The summed E-state index contributed by atoms with van der Waals surface area (Å²) in [6.45, 7) is 1.72. The van der Waals surface area contributed by atoms with E-state index in [9.17, 15) is 14.6 Å². The first-order valence-corrected chi connectivity index (χ1v) is 5.79. The number of hydrogen-bond acceptors (Lipinski definition) is 4. The van der Waals surface area contributed by atoms with Crippen LogP contribution in [-0.4, -0.2) is 38.3 Å². The molecule has 0 aliphatic carbocycles. The van der Waals surface area contributed by atoms with E-state index < -0.39 is 11.7 Å². The van der Waals surface area contributed by atoms with Crippen LogP contribution in [0.15, 0.2) is 43.0 Å².